The summed E-state index contributed by atoms with van der Waals surface area (Å²) in [6, 6.07) is 23.2. The molecular weight excluding hydrogens is 710 g/mol. The molecule has 6 rings (SSSR count). The van der Waals surface area contributed by atoms with Crippen LogP contribution in [0.25, 0.3) is 0 Å². The molecule has 5 atom stereocenters. The Kier molecular flexibility index (Phi) is 8.75. The van der Waals surface area contributed by atoms with Crippen molar-refractivity contribution < 1.29 is 18.7 Å². The standard InChI is InChI=1S/C33H35ClFIN4O3Si/c1-21-31(44(2,3)35)30(14-15-39-19-28(37-38-39)26(20-41)23-9-5-4-6-10-23)43-33(21)27-17-24(34)12-13-29(27)40(32(33)42)18-22-8-7-11-25(36)16-22/h4-13,16-17,19,21,26,30-31,41H,14-15,18,20H2,1-3H3/t21-,26?,30+,31-,33+/m1/s1. The van der Waals surface area contributed by atoms with Gasteiger partial charge in [0.2, 0.25) is 8.41 Å². The molecule has 0 aliphatic carbocycles. The highest BCUT2D eigenvalue weighted by Gasteiger charge is 2.66. The third-order valence-electron chi connectivity index (χ3n) is 9.09. The summed E-state index contributed by atoms with van der Waals surface area (Å²) >= 11 is 8.78. The predicted octanol–water partition coefficient (Wildman–Crippen LogP) is 7.07. The third-order valence-corrected chi connectivity index (χ3v) is 12.5. The highest BCUT2D eigenvalue weighted by molar-refractivity contribution is 14.1. The Morgan fingerprint density at radius 2 is 1.91 bits per heavy atom. The number of aromatic nitrogens is 3. The first kappa shape index (κ1) is 31.3. The first-order valence-corrected chi connectivity index (χ1v) is 19.2. The van der Waals surface area contributed by atoms with Crippen LogP contribution in [0.1, 0.15) is 41.6 Å². The zero-order valence-corrected chi connectivity index (χ0v) is 28.7. The van der Waals surface area contributed by atoms with E-state index in [0.717, 1.165) is 20.4 Å². The molecule has 44 heavy (non-hydrogen) atoms. The summed E-state index contributed by atoms with van der Waals surface area (Å²) in [5.41, 5.74) is 2.29. The van der Waals surface area contributed by atoms with E-state index in [1.54, 1.807) is 28.7 Å². The minimum atomic E-state index is -3.32. The van der Waals surface area contributed by atoms with E-state index < -0.39 is 31.6 Å². The average Bonchev–Trinajstić information content (AvgIpc) is 3.63. The minimum Gasteiger partial charge on any atom is -0.395 e. The number of amides is 1. The van der Waals surface area contributed by atoms with Gasteiger partial charge in [-0.3, -0.25) is 9.48 Å². The van der Waals surface area contributed by atoms with Gasteiger partial charge in [0.25, 0.3) is 5.91 Å². The number of fused-ring (bicyclic) bond motifs is 2. The molecule has 11 heteroatoms. The Bertz CT molecular complexity index is 1670. The van der Waals surface area contributed by atoms with Gasteiger partial charge in [0.15, 0.2) is 5.60 Å². The maximum Gasteiger partial charge on any atom is 0.264 e. The number of aliphatic hydroxyl groups is 1. The molecule has 3 heterocycles. The van der Waals surface area contributed by atoms with Crippen molar-refractivity contribution in [1.82, 2.24) is 15.0 Å². The number of hydrogen-bond acceptors (Lipinski definition) is 5. The summed E-state index contributed by atoms with van der Waals surface area (Å²) in [4.78, 5) is 16.3. The second-order valence-electron chi connectivity index (χ2n) is 12.3. The lowest BCUT2D eigenvalue weighted by Gasteiger charge is -2.31. The molecule has 0 radical (unpaired) electrons. The van der Waals surface area contributed by atoms with Crippen LogP contribution in [0.4, 0.5) is 9.80 Å². The molecule has 1 amide bonds. The van der Waals surface area contributed by atoms with Crippen molar-refractivity contribution in [3.05, 3.63) is 110 Å². The van der Waals surface area contributed by atoms with Gasteiger partial charge in [0, 0.05) is 38.4 Å². The van der Waals surface area contributed by atoms with Gasteiger partial charge in [-0.05, 0) is 83.6 Å². The Balaban J connectivity index is 1.30. The van der Waals surface area contributed by atoms with E-state index in [-0.39, 0.29) is 18.4 Å². The lowest BCUT2D eigenvalue weighted by Crippen LogP contribution is -2.45. The third kappa shape index (κ3) is 5.64. The lowest BCUT2D eigenvalue weighted by atomic mass is 9.82. The van der Waals surface area contributed by atoms with Gasteiger partial charge in [-0.25, -0.2) is 0 Å². The van der Waals surface area contributed by atoms with E-state index in [0.29, 0.717) is 35.8 Å². The van der Waals surface area contributed by atoms with Gasteiger partial charge >= 0.3 is 0 Å². The SMILES string of the molecule is C[C@@H]1[C@@H]([Si](C)(C)F)[C@H](CCn2cc(C(CO)c3ccccc3)nn2)O[C@@]12C(=O)N(Cc1cccc(I)c1)c1ccc(Cl)cc12. The van der Waals surface area contributed by atoms with E-state index in [2.05, 4.69) is 39.0 Å². The van der Waals surface area contributed by atoms with E-state index in [9.17, 15) is 9.90 Å². The fraction of sp³-hybridized carbons (Fsp3) is 0.364. The van der Waals surface area contributed by atoms with Crippen LogP contribution in [0.5, 0.6) is 0 Å². The maximum absolute atomic E-state index is 16.2. The average molecular weight is 745 g/mol. The quantitative estimate of drug-likeness (QED) is 0.113. The number of halogens is 3. The number of anilines is 1. The summed E-state index contributed by atoms with van der Waals surface area (Å²) in [6.45, 7) is 6.06. The minimum absolute atomic E-state index is 0.0963. The fourth-order valence-corrected chi connectivity index (χ4v) is 10.5. The number of ether oxygens (including phenoxy) is 1. The Labute approximate surface area is 276 Å². The summed E-state index contributed by atoms with van der Waals surface area (Å²) < 4.78 is 25.9. The van der Waals surface area contributed by atoms with E-state index in [1.165, 1.54) is 0 Å². The van der Waals surface area contributed by atoms with Gasteiger partial charge in [-0.15, -0.1) is 5.10 Å². The maximum atomic E-state index is 16.2. The van der Waals surface area contributed by atoms with Crippen molar-refractivity contribution in [2.45, 2.75) is 62.7 Å². The van der Waals surface area contributed by atoms with Crippen molar-refractivity contribution in [1.29, 1.82) is 0 Å². The van der Waals surface area contributed by atoms with Crippen molar-refractivity contribution >= 4 is 54.2 Å². The monoisotopic (exact) mass is 744 g/mol. The van der Waals surface area contributed by atoms with Crippen molar-refractivity contribution in [2.24, 2.45) is 5.92 Å². The Hall–Kier alpha value is -2.64. The second-order valence-corrected chi connectivity index (χ2v) is 17.8. The molecule has 0 saturated carbocycles. The Morgan fingerprint density at radius 1 is 1.14 bits per heavy atom. The number of carbonyl (C=O) groups is 1. The summed E-state index contributed by atoms with van der Waals surface area (Å²) in [5, 5.41) is 19.3. The molecule has 1 fully saturated rings. The number of hydrogen-bond donors (Lipinski definition) is 1. The number of aliphatic hydroxyl groups excluding tert-OH is 1. The number of rotatable bonds is 9. The van der Waals surface area contributed by atoms with Crippen LogP contribution in [0.2, 0.25) is 23.7 Å². The van der Waals surface area contributed by atoms with Crippen LogP contribution in [-0.2, 0) is 28.2 Å². The molecule has 4 aromatic rings. The topological polar surface area (TPSA) is 80.5 Å². The first-order chi connectivity index (χ1) is 21.0. The highest BCUT2D eigenvalue weighted by Crippen LogP contribution is 2.60. The fourth-order valence-electron chi connectivity index (χ4n) is 7.16. The molecule has 1 N–H and O–H groups in total. The molecular formula is C33H35ClFIN4O3Si. The lowest BCUT2D eigenvalue weighted by molar-refractivity contribution is -0.146. The highest BCUT2D eigenvalue weighted by atomic mass is 127. The molecule has 1 spiro atoms. The van der Waals surface area contributed by atoms with Crippen LogP contribution in [0.3, 0.4) is 0 Å². The van der Waals surface area contributed by atoms with E-state index >= 15 is 4.11 Å². The smallest absolute Gasteiger partial charge is 0.264 e. The second kappa shape index (κ2) is 12.3. The van der Waals surface area contributed by atoms with Crippen LogP contribution in [0.15, 0.2) is 79.0 Å². The van der Waals surface area contributed by atoms with Gasteiger partial charge in [0.05, 0.1) is 36.6 Å². The van der Waals surface area contributed by atoms with E-state index in [1.807, 2.05) is 73.8 Å². The molecule has 1 unspecified atom stereocenters. The predicted molar refractivity (Wildman–Crippen MR) is 180 cm³/mol. The first-order valence-electron chi connectivity index (χ1n) is 14.8. The van der Waals surface area contributed by atoms with Crippen molar-refractivity contribution in [3.63, 3.8) is 0 Å². The molecule has 2 aliphatic heterocycles. The number of carbonyl (C=O) groups excluding carboxylic acids is 1. The molecule has 1 saturated heterocycles. The number of nitrogens with zero attached hydrogens (tertiary/aromatic N) is 4. The zero-order valence-electron chi connectivity index (χ0n) is 24.8. The molecule has 1 aromatic heterocycles. The van der Waals surface area contributed by atoms with Crippen molar-refractivity contribution in [2.75, 3.05) is 11.5 Å². The van der Waals surface area contributed by atoms with Crippen molar-refractivity contribution in [3.8, 4) is 0 Å². The van der Waals surface area contributed by atoms with Gasteiger partial charge in [0.1, 0.15) is 0 Å². The molecule has 0 bridgehead atoms. The van der Waals surface area contributed by atoms with Crippen LogP contribution >= 0.6 is 34.2 Å². The molecule has 2 aliphatic rings. The largest absolute Gasteiger partial charge is 0.395 e. The van der Waals surface area contributed by atoms with E-state index in [4.69, 9.17) is 16.3 Å². The van der Waals surface area contributed by atoms with Gasteiger partial charge in [-0.2, -0.15) is 0 Å². The summed E-state index contributed by atoms with van der Waals surface area (Å²) in [5.74, 6) is -0.881. The molecule has 230 valence electrons. The van der Waals surface area contributed by atoms with Gasteiger partial charge < -0.3 is 18.9 Å². The summed E-state index contributed by atoms with van der Waals surface area (Å²) in [6.07, 6.45) is 1.77. The molecule has 7 nitrogen and oxygen atoms in total. The number of benzene rings is 3. The normalized spacial score (nSPS) is 23.8. The summed E-state index contributed by atoms with van der Waals surface area (Å²) in [7, 11) is -3.32. The zero-order chi connectivity index (χ0) is 31.2. The van der Waals surface area contributed by atoms with Crippen LogP contribution in [0, 0.1) is 9.49 Å². The van der Waals surface area contributed by atoms with Crippen LogP contribution in [-0.4, -0.2) is 47.1 Å². The van der Waals surface area contributed by atoms with Crippen LogP contribution < -0.4 is 4.90 Å². The molecule has 3 aromatic carbocycles. The van der Waals surface area contributed by atoms with Gasteiger partial charge in [-0.1, -0.05) is 66.2 Å². The number of aryl methyl sites for hydroxylation is 1. The Morgan fingerprint density at radius 3 is 2.61 bits per heavy atom.